The van der Waals surface area contributed by atoms with Crippen molar-refractivity contribution in [3.8, 4) is 0 Å². The summed E-state index contributed by atoms with van der Waals surface area (Å²) >= 11 is 0. The molecule has 2 aliphatic heterocycles. The molecule has 0 saturated carbocycles. The summed E-state index contributed by atoms with van der Waals surface area (Å²) in [7, 11) is 0. The number of ether oxygens (including phenoxy) is 1. The van der Waals surface area contributed by atoms with Crippen molar-refractivity contribution in [2.24, 2.45) is 0 Å². The number of morpholine rings is 2. The molecule has 0 spiro atoms. The third-order valence-corrected chi connectivity index (χ3v) is 2.46. The van der Waals surface area contributed by atoms with Crippen LogP contribution >= 0.6 is 0 Å². The summed E-state index contributed by atoms with van der Waals surface area (Å²) < 4.78 is 5.61. The second kappa shape index (κ2) is 3.61. The van der Waals surface area contributed by atoms with E-state index in [0.29, 0.717) is 13.1 Å². The molecule has 0 aromatic rings. The standard InChI is InChI=1S/C8H14N2O3/c11-5-8(12)10-3-6-1-9-2-7(4-10)13-6/h6-7,9,11H,1-5H2. The highest BCUT2D eigenvalue weighted by molar-refractivity contribution is 5.77. The van der Waals surface area contributed by atoms with Crippen LogP contribution in [0.3, 0.4) is 0 Å². The molecule has 2 heterocycles. The molecule has 0 aromatic carbocycles. The Kier molecular flexibility index (Phi) is 2.48. The molecule has 2 atom stereocenters. The fourth-order valence-electron chi connectivity index (χ4n) is 1.86. The summed E-state index contributed by atoms with van der Waals surface area (Å²) in [5.41, 5.74) is 0. The van der Waals surface area contributed by atoms with Gasteiger partial charge in [-0.15, -0.1) is 0 Å². The minimum absolute atomic E-state index is 0.1000. The van der Waals surface area contributed by atoms with Gasteiger partial charge in [-0.2, -0.15) is 0 Å². The Hall–Kier alpha value is -0.650. The highest BCUT2D eigenvalue weighted by Gasteiger charge is 2.32. The molecule has 5 nitrogen and oxygen atoms in total. The van der Waals surface area contributed by atoms with E-state index in [4.69, 9.17) is 9.84 Å². The van der Waals surface area contributed by atoms with Gasteiger partial charge in [0.05, 0.1) is 12.2 Å². The van der Waals surface area contributed by atoms with E-state index in [1.807, 2.05) is 0 Å². The monoisotopic (exact) mass is 186 g/mol. The fraction of sp³-hybridized carbons (Fsp3) is 0.875. The van der Waals surface area contributed by atoms with Crippen molar-refractivity contribution in [2.45, 2.75) is 12.2 Å². The largest absolute Gasteiger partial charge is 0.387 e. The molecule has 2 bridgehead atoms. The lowest BCUT2D eigenvalue weighted by molar-refractivity contribution is -0.151. The maximum atomic E-state index is 11.2. The van der Waals surface area contributed by atoms with Crippen LogP contribution in [0.4, 0.5) is 0 Å². The van der Waals surface area contributed by atoms with E-state index in [2.05, 4.69) is 5.32 Å². The molecular formula is C8H14N2O3. The topological polar surface area (TPSA) is 61.8 Å². The molecule has 2 N–H and O–H groups in total. The van der Waals surface area contributed by atoms with Gasteiger partial charge in [-0.3, -0.25) is 4.79 Å². The molecular weight excluding hydrogens is 172 g/mol. The van der Waals surface area contributed by atoms with E-state index in [-0.39, 0.29) is 18.1 Å². The van der Waals surface area contributed by atoms with Crippen LogP contribution in [0.5, 0.6) is 0 Å². The van der Waals surface area contributed by atoms with Gasteiger partial charge in [0.1, 0.15) is 6.61 Å². The molecule has 74 valence electrons. The fourth-order valence-corrected chi connectivity index (χ4v) is 1.86. The second-order valence-corrected chi connectivity index (χ2v) is 3.50. The van der Waals surface area contributed by atoms with Crippen molar-refractivity contribution >= 4 is 5.91 Å². The van der Waals surface area contributed by atoms with E-state index < -0.39 is 6.61 Å². The van der Waals surface area contributed by atoms with Crippen molar-refractivity contribution in [1.82, 2.24) is 10.2 Å². The number of aliphatic hydroxyl groups is 1. The molecule has 1 amide bonds. The number of amides is 1. The van der Waals surface area contributed by atoms with E-state index >= 15 is 0 Å². The second-order valence-electron chi connectivity index (χ2n) is 3.50. The first kappa shape index (κ1) is 8.93. The van der Waals surface area contributed by atoms with Gasteiger partial charge in [0.15, 0.2) is 0 Å². The van der Waals surface area contributed by atoms with Crippen LogP contribution in [0.2, 0.25) is 0 Å². The van der Waals surface area contributed by atoms with Crippen molar-refractivity contribution in [1.29, 1.82) is 0 Å². The average molecular weight is 186 g/mol. The number of nitrogens with one attached hydrogen (secondary N) is 1. The Morgan fingerprint density at radius 3 is 2.62 bits per heavy atom. The zero-order chi connectivity index (χ0) is 9.26. The average Bonchev–Trinajstić information content (AvgIpc) is 2.16. The van der Waals surface area contributed by atoms with E-state index in [9.17, 15) is 4.79 Å². The van der Waals surface area contributed by atoms with Gasteiger partial charge in [-0.25, -0.2) is 0 Å². The summed E-state index contributed by atoms with van der Waals surface area (Å²) in [5.74, 6) is -0.194. The number of hydrogen-bond acceptors (Lipinski definition) is 4. The molecule has 2 unspecified atom stereocenters. The molecule has 0 radical (unpaired) electrons. The highest BCUT2D eigenvalue weighted by atomic mass is 16.5. The van der Waals surface area contributed by atoms with Crippen molar-refractivity contribution in [3.05, 3.63) is 0 Å². The van der Waals surface area contributed by atoms with Crippen molar-refractivity contribution in [3.63, 3.8) is 0 Å². The number of nitrogens with zero attached hydrogens (tertiary/aromatic N) is 1. The summed E-state index contributed by atoms with van der Waals surface area (Å²) in [6.07, 6.45) is 0.200. The van der Waals surface area contributed by atoms with E-state index in [0.717, 1.165) is 13.1 Å². The van der Waals surface area contributed by atoms with Crippen LogP contribution in [0, 0.1) is 0 Å². The quantitative estimate of drug-likeness (QED) is 0.506. The number of fused-ring (bicyclic) bond motifs is 2. The van der Waals surface area contributed by atoms with Gasteiger partial charge in [0.25, 0.3) is 0 Å². The SMILES string of the molecule is O=C(CO)N1CC2CNCC(C1)O2. The molecule has 2 saturated heterocycles. The zero-order valence-corrected chi connectivity index (χ0v) is 7.40. The van der Waals surface area contributed by atoms with E-state index in [1.165, 1.54) is 0 Å². The summed E-state index contributed by atoms with van der Waals surface area (Å²) in [6, 6.07) is 0. The highest BCUT2D eigenvalue weighted by Crippen LogP contribution is 2.13. The molecule has 0 aliphatic carbocycles. The summed E-state index contributed by atoms with van der Waals surface area (Å²) in [6.45, 7) is 2.40. The first-order valence-electron chi connectivity index (χ1n) is 4.54. The van der Waals surface area contributed by atoms with Crippen LogP contribution in [0.15, 0.2) is 0 Å². The van der Waals surface area contributed by atoms with Gasteiger partial charge in [0, 0.05) is 26.2 Å². The molecule has 2 aliphatic rings. The van der Waals surface area contributed by atoms with Crippen LogP contribution in [-0.2, 0) is 9.53 Å². The summed E-state index contributed by atoms with van der Waals surface area (Å²) in [5, 5.41) is 11.9. The first-order valence-corrected chi connectivity index (χ1v) is 4.54. The van der Waals surface area contributed by atoms with Crippen LogP contribution < -0.4 is 5.32 Å². The first-order chi connectivity index (χ1) is 6.29. The van der Waals surface area contributed by atoms with Crippen molar-refractivity contribution < 1.29 is 14.6 Å². The maximum Gasteiger partial charge on any atom is 0.248 e. The Morgan fingerprint density at radius 2 is 2.08 bits per heavy atom. The lowest BCUT2D eigenvalue weighted by Crippen LogP contribution is -2.59. The third kappa shape index (κ3) is 1.82. The third-order valence-electron chi connectivity index (χ3n) is 2.46. The van der Waals surface area contributed by atoms with Gasteiger partial charge >= 0.3 is 0 Å². The van der Waals surface area contributed by atoms with Gasteiger partial charge in [0.2, 0.25) is 5.91 Å². The van der Waals surface area contributed by atoms with Crippen LogP contribution in [-0.4, -0.2) is 60.9 Å². The minimum Gasteiger partial charge on any atom is -0.387 e. The predicted octanol–water partition coefficient (Wildman–Crippen LogP) is -1.82. The number of aliphatic hydroxyl groups excluding tert-OH is 1. The number of hydrogen-bond donors (Lipinski definition) is 2. The van der Waals surface area contributed by atoms with E-state index in [1.54, 1.807) is 4.90 Å². The predicted molar refractivity (Wildman–Crippen MR) is 45.2 cm³/mol. The number of carbonyl (C=O) groups excluding carboxylic acids is 1. The Morgan fingerprint density at radius 1 is 1.46 bits per heavy atom. The molecule has 2 rings (SSSR count). The Labute approximate surface area is 76.7 Å². The van der Waals surface area contributed by atoms with Crippen LogP contribution in [0.1, 0.15) is 0 Å². The lowest BCUT2D eigenvalue weighted by atomic mass is 10.1. The zero-order valence-electron chi connectivity index (χ0n) is 7.40. The van der Waals surface area contributed by atoms with Gasteiger partial charge in [-0.05, 0) is 0 Å². The van der Waals surface area contributed by atoms with Gasteiger partial charge in [-0.1, -0.05) is 0 Å². The minimum atomic E-state index is -0.396. The normalized spacial score (nSPS) is 33.2. The summed E-state index contributed by atoms with van der Waals surface area (Å²) in [4.78, 5) is 12.9. The smallest absolute Gasteiger partial charge is 0.248 e. The number of carbonyl (C=O) groups is 1. The van der Waals surface area contributed by atoms with Crippen LogP contribution in [0.25, 0.3) is 0 Å². The molecule has 2 fully saturated rings. The maximum absolute atomic E-state index is 11.2. The van der Waals surface area contributed by atoms with Gasteiger partial charge < -0.3 is 20.1 Å². The molecule has 0 aromatic heterocycles. The Bertz CT molecular complexity index is 198. The lowest BCUT2D eigenvalue weighted by Gasteiger charge is -2.41. The van der Waals surface area contributed by atoms with Crippen molar-refractivity contribution in [2.75, 3.05) is 32.8 Å². The Balaban J connectivity index is 1.97. The number of rotatable bonds is 1. The molecule has 5 heteroatoms. The molecule has 13 heavy (non-hydrogen) atoms.